The average Bonchev–Trinajstić information content (AvgIpc) is 2.74. The minimum absolute atomic E-state index is 0.113. The lowest BCUT2D eigenvalue weighted by molar-refractivity contribution is 0.450. The van der Waals surface area contributed by atoms with Crippen LogP contribution in [0, 0.1) is 0 Å². The third-order valence-electron chi connectivity index (χ3n) is 2.86. The van der Waals surface area contributed by atoms with Gasteiger partial charge in [-0.2, -0.15) is 0 Å². The summed E-state index contributed by atoms with van der Waals surface area (Å²) in [6.45, 7) is 0.731. The molecule has 4 heteroatoms. The number of hydrogen-bond acceptors (Lipinski definition) is 2. The van der Waals surface area contributed by atoms with Crippen molar-refractivity contribution in [1.29, 1.82) is 0 Å². The van der Waals surface area contributed by atoms with E-state index in [1.807, 2.05) is 7.05 Å². The first-order valence-electron chi connectivity index (χ1n) is 5.26. The van der Waals surface area contributed by atoms with E-state index in [9.17, 15) is 4.79 Å². The van der Waals surface area contributed by atoms with Crippen LogP contribution in [0.25, 0.3) is 0 Å². The fraction of sp³-hybridized carbons (Fsp3) is 0.700. The average molecular weight is 195 g/mol. The molecule has 0 aliphatic heterocycles. The van der Waals surface area contributed by atoms with Gasteiger partial charge in [-0.15, -0.1) is 0 Å². The molecule has 1 fully saturated rings. The summed E-state index contributed by atoms with van der Waals surface area (Å²) in [6.07, 6.45) is 4.77. The van der Waals surface area contributed by atoms with Gasteiger partial charge in [0.15, 0.2) is 0 Å². The predicted octanol–water partition coefficient (Wildman–Crippen LogP) is 1.01. The van der Waals surface area contributed by atoms with Crippen molar-refractivity contribution in [3.63, 3.8) is 0 Å². The van der Waals surface area contributed by atoms with Crippen LogP contribution in [0.1, 0.15) is 37.4 Å². The van der Waals surface area contributed by atoms with Gasteiger partial charge in [0.2, 0.25) is 0 Å². The number of nitrogens with zero attached hydrogens (tertiary/aromatic N) is 1. The Labute approximate surface area is 83.3 Å². The summed E-state index contributed by atoms with van der Waals surface area (Å²) in [5, 5.41) is 6.20. The van der Waals surface area contributed by atoms with Crippen LogP contribution in [-0.2, 0) is 6.54 Å². The number of aromatic amines is 1. The number of aromatic nitrogens is 2. The van der Waals surface area contributed by atoms with Crippen LogP contribution >= 0.6 is 0 Å². The van der Waals surface area contributed by atoms with E-state index < -0.39 is 0 Å². The van der Waals surface area contributed by atoms with Crippen molar-refractivity contribution in [1.82, 2.24) is 15.1 Å². The molecule has 0 spiro atoms. The van der Waals surface area contributed by atoms with Crippen molar-refractivity contribution >= 4 is 0 Å². The maximum atomic E-state index is 11.6. The van der Waals surface area contributed by atoms with E-state index in [-0.39, 0.29) is 5.56 Å². The Morgan fingerprint density at radius 1 is 1.57 bits per heavy atom. The highest BCUT2D eigenvalue weighted by atomic mass is 16.1. The zero-order valence-corrected chi connectivity index (χ0v) is 8.55. The Hall–Kier alpha value is -1.03. The van der Waals surface area contributed by atoms with E-state index >= 15 is 0 Å². The van der Waals surface area contributed by atoms with Crippen molar-refractivity contribution in [2.24, 2.45) is 0 Å². The van der Waals surface area contributed by atoms with Crippen LogP contribution in [0.2, 0.25) is 0 Å². The van der Waals surface area contributed by atoms with Crippen LogP contribution in [0.5, 0.6) is 0 Å². The second-order valence-electron chi connectivity index (χ2n) is 3.96. The molecule has 1 saturated carbocycles. The van der Waals surface area contributed by atoms with Gasteiger partial charge in [0.05, 0.1) is 11.7 Å². The molecule has 1 aliphatic rings. The first-order chi connectivity index (χ1) is 6.81. The van der Waals surface area contributed by atoms with E-state index in [4.69, 9.17) is 0 Å². The maximum Gasteiger partial charge on any atom is 0.267 e. The van der Waals surface area contributed by atoms with Gasteiger partial charge in [-0.25, -0.2) is 4.68 Å². The lowest BCUT2D eigenvalue weighted by Gasteiger charge is -2.09. The van der Waals surface area contributed by atoms with Crippen LogP contribution in [0.4, 0.5) is 0 Å². The molecular formula is C10H17N3O. The molecule has 0 radical (unpaired) electrons. The Bertz CT molecular complexity index is 346. The molecule has 1 aromatic rings. The zero-order chi connectivity index (χ0) is 9.97. The fourth-order valence-electron chi connectivity index (χ4n) is 2.18. The maximum absolute atomic E-state index is 11.6. The van der Waals surface area contributed by atoms with Crippen molar-refractivity contribution in [3.8, 4) is 0 Å². The minimum Gasteiger partial charge on any atom is -0.314 e. The third kappa shape index (κ3) is 1.75. The van der Waals surface area contributed by atoms with Gasteiger partial charge in [0.25, 0.3) is 5.56 Å². The lowest BCUT2D eigenvalue weighted by Crippen LogP contribution is -2.19. The summed E-state index contributed by atoms with van der Waals surface area (Å²) in [7, 11) is 1.88. The monoisotopic (exact) mass is 195 g/mol. The van der Waals surface area contributed by atoms with Gasteiger partial charge >= 0.3 is 0 Å². The van der Waals surface area contributed by atoms with Gasteiger partial charge in [0.1, 0.15) is 0 Å². The van der Waals surface area contributed by atoms with Crippen LogP contribution in [-0.4, -0.2) is 16.8 Å². The van der Waals surface area contributed by atoms with E-state index in [2.05, 4.69) is 10.4 Å². The quantitative estimate of drug-likeness (QED) is 0.756. The molecule has 14 heavy (non-hydrogen) atoms. The summed E-state index contributed by atoms with van der Waals surface area (Å²) in [5.41, 5.74) is 1.09. The highest BCUT2D eigenvalue weighted by Crippen LogP contribution is 2.27. The predicted molar refractivity (Wildman–Crippen MR) is 55.3 cm³/mol. The number of nitrogens with one attached hydrogen (secondary N) is 2. The molecule has 0 aromatic carbocycles. The molecule has 0 atom stereocenters. The molecule has 2 N–H and O–H groups in total. The smallest absolute Gasteiger partial charge is 0.267 e. The zero-order valence-electron chi connectivity index (χ0n) is 8.55. The van der Waals surface area contributed by atoms with Gasteiger partial charge in [-0.05, 0) is 19.9 Å². The number of H-pyrrole nitrogens is 1. The molecule has 0 bridgehead atoms. The Kier molecular flexibility index (Phi) is 2.72. The molecule has 0 unspecified atom stereocenters. The summed E-state index contributed by atoms with van der Waals surface area (Å²) in [5.74, 6) is 0. The highest BCUT2D eigenvalue weighted by Gasteiger charge is 2.18. The Balaban J connectivity index is 2.20. The summed E-state index contributed by atoms with van der Waals surface area (Å²) < 4.78 is 1.79. The van der Waals surface area contributed by atoms with Gasteiger partial charge in [-0.1, -0.05) is 12.8 Å². The second kappa shape index (κ2) is 4.00. The normalized spacial score (nSPS) is 17.8. The minimum atomic E-state index is 0.113. The summed E-state index contributed by atoms with van der Waals surface area (Å²) in [6, 6.07) is 2.10. The van der Waals surface area contributed by atoms with Crippen LogP contribution in [0.3, 0.4) is 0 Å². The number of hydrogen-bond donors (Lipinski definition) is 2. The molecule has 0 saturated heterocycles. The second-order valence-corrected chi connectivity index (χ2v) is 3.96. The van der Waals surface area contributed by atoms with E-state index in [0.29, 0.717) is 6.04 Å². The molecule has 0 amide bonds. The fourth-order valence-corrected chi connectivity index (χ4v) is 2.18. The van der Waals surface area contributed by atoms with Gasteiger partial charge in [0, 0.05) is 12.6 Å². The van der Waals surface area contributed by atoms with Gasteiger partial charge in [-0.3, -0.25) is 9.89 Å². The molecular weight excluding hydrogens is 178 g/mol. The molecule has 4 nitrogen and oxygen atoms in total. The molecule has 1 aliphatic carbocycles. The molecule has 78 valence electrons. The highest BCUT2D eigenvalue weighted by molar-refractivity contribution is 5.00. The van der Waals surface area contributed by atoms with Crippen molar-refractivity contribution < 1.29 is 0 Å². The molecule has 1 heterocycles. The standard InChI is InChI=1S/C10H17N3O/c1-11-7-8-6-10(14)13(12-8)9-4-2-3-5-9/h6,9,11-12H,2-5,7H2,1H3. The SMILES string of the molecule is CNCc1cc(=O)n(C2CCCC2)[nH]1. The third-order valence-corrected chi connectivity index (χ3v) is 2.86. The Morgan fingerprint density at radius 3 is 2.93 bits per heavy atom. The van der Waals surface area contributed by atoms with Crippen molar-refractivity contribution in [3.05, 3.63) is 22.1 Å². The van der Waals surface area contributed by atoms with Gasteiger partial charge < -0.3 is 5.32 Å². The van der Waals surface area contributed by atoms with Crippen molar-refractivity contribution in [2.45, 2.75) is 38.3 Å². The van der Waals surface area contributed by atoms with E-state index in [0.717, 1.165) is 25.1 Å². The summed E-state index contributed by atoms with van der Waals surface area (Å²) in [4.78, 5) is 11.6. The molecule has 1 aromatic heterocycles. The van der Waals surface area contributed by atoms with Crippen molar-refractivity contribution in [2.75, 3.05) is 7.05 Å². The Morgan fingerprint density at radius 2 is 2.29 bits per heavy atom. The lowest BCUT2D eigenvalue weighted by atomic mass is 10.3. The topological polar surface area (TPSA) is 49.8 Å². The largest absolute Gasteiger partial charge is 0.314 e. The summed E-state index contributed by atoms with van der Waals surface area (Å²) >= 11 is 0. The molecule has 2 rings (SSSR count). The first kappa shape index (κ1) is 9.52. The number of rotatable bonds is 3. The van der Waals surface area contributed by atoms with Crippen LogP contribution < -0.4 is 10.9 Å². The van der Waals surface area contributed by atoms with E-state index in [1.54, 1.807) is 10.7 Å². The first-order valence-corrected chi connectivity index (χ1v) is 5.26. The van der Waals surface area contributed by atoms with Crippen LogP contribution in [0.15, 0.2) is 10.9 Å². The van der Waals surface area contributed by atoms with E-state index in [1.165, 1.54) is 12.8 Å².